The van der Waals surface area contributed by atoms with Crippen LogP contribution < -0.4 is 5.32 Å². The number of aromatic hydroxyl groups is 1. The van der Waals surface area contributed by atoms with Crippen molar-refractivity contribution in [2.24, 2.45) is 5.92 Å². The molecule has 104 valence electrons. The second-order valence-electron chi connectivity index (χ2n) is 6.07. The van der Waals surface area contributed by atoms with Crippen LogP contribution in [0.4, 0.5) is 0 Å². The minimum atomic E-state index is 0.376. The van der Waals surface area contributed by atoms with Gasteiger partial charge in [0.25, 0.3) is 0 Å². The van der Waals surface area contributed by atoms with E-state index in [-0.39, 0.29) is 0 Å². The summed E-state index contributed by atoms with van der Waals surface area (Å²) in [5, 5.41) is 13.1. The highest BCUT2D eigenvalue weighted by molar-refractivity contribution is 5.27. The van der Waals surface area contributed by atoms with Gasteiger partial charge in [0, 0.05) is 12.6 Å². The average molecular weight is 260 g/mol. The van der Waals surface area contributed by atoms with Gasteiger partial charge in [-0.05, 0) is 68.9 Å². The monoisotopic (exact) mass is 260 g/mol. The first-order valence-corrected chi connectivity index (χ1v) is 7.53. The van der Waals surface area contributed by atoms with Gasteiger partial charge in [0.15, 0.2) is 0 Å². The molecule has 19 heavy (non-hydrogen) atoms. The lowest BCUT2D eigenvalue weighted by molar-refractivity contribution is 0.175. The Morgan fingerprint density at radius 3 is 2.63 bits per heavy atom. The summed E-state index contributed by atoms with van der Waals surface area (Å²) in [5.41, 5.74) is 1.22. The van der Waals surface area contributed by atoms with Gasteiger partial charge in [-0.25, -0.2) is 0 Å². The Labute approximate surface area is 115 Å². The number of phenols is 1. The summed E-state index contributed by atoms with van der Waals surface area (Å²) in [6.07, 6.45) is 5.38. The third-order valence-electron chi connectivity index (χ3n) is 4.30. The highest BCUT2D eigenvalue weighted by Crippen LogP contribution is 2.23. The maximum absolute atomic E-state index is 9.49. The number of benzene rings is 1. The molecule has 0 atom stereocenters. The van der Waals surface area contributed by atoms with Crippen LogP contribution in [0.5, 0.6) is 5.75 Å². The van der Waals surface area contributed by atoms with E-state index in [0.29, 0.717) is 5.75 Å². The first kappa shape index (κ1) is 12.9. The molecule has 1 saturated carbocycles. The first-order chi connectivity index (χ1) is 9.29. The Hall–Kier alpha value is -1.06. The molecule has 1 aliphatic carbocycles. The van der Waals surface area contributed by atoms with Crippen molar-refractivity contribution in [2.75, 3.05) is 19.6 Å². The molecule has 1 aromatic rings. The van der Waals surface area contributed by atoms with E-state index in [2.05, 4.69) is 16.3 Å². The van der Waals surface area contributed by atoms with Crippen molar-refractivity contribution >= 4 is 0 Å². The van der Waals surface area contributed by atoms with E-state index in [9.17, 15) is 5.11 Å². The lowest BCUT2D eigenvalue weighted by Gasteiger charge is -2.32. The van der Waals surface area contributed by atoms with Gasteiger partial charge in [-0.1, -0.05) is 12.1 Å². The number of likely N-dealkylation sites (tertiary alicyclic amines) is 1. The van der Waals surface area contributed by atoms with E-state index in [1.807, 2.05) is 12.1 Å². The highest BCUT2D eigenvalue weighted by atomic mass is 16.3. The number of nitrogens with zero attached hydrogens (tertiary/aromatic N) is 1. The van der Waals surface area contributed by atoms with Gasteiger partial charge >= 0.3 is 0 Å². The molecule has 2 N–H and O–H groups in total. The lowest BCUT2D eigenvalue weighted by atomic mass is 9.96. The molecule has 0 bridgehead atoms. The van der Waals surface area contributed by atoms with E-state index < -0.39 is 0 Å². The molecule has 3 rings (SSSR count). The normalized spacial score (nSPS) is 21.7. The predicted molar refractivity (Wildman–Crippen MR) is 77.1 cm³/mol. The van der Waals surface area contributed by atoms with Gasteiger partial charge in [0.05, 0.1) is 0 Å². The average Bonchev–Trinajstić information content (AvgIpc) is 3.22. The minimum Gasteiger partial charge on any atom is -0.508 e. The van der Waals surface area contributed by atoms with E-state index in [1.165, 1.54) is 50.9 Å². The second-order valence-corrected chi connectivity index (χ2v) is 6.07. The molecule has 2 fully saturated rings. The fraction of sp³-hybridized carbons (Fsp3) is 0.625. The molecule has 0 unspecified atom stereocenters. The summed E-state index contributed by atoms with van der Waals surface area (Å²) in [5.74, 6) is 1.24. The van der Waals surface area contributed by atoms with Crippen molar-refractivity contribution in [3.05, 3.63) is 29.8 Å². The van der Waals surface area contributed by atoms with Crippen molar-refractivity contribution < 1.29 is 5.11 Å². The number of piperidine rings is 1. The smallest absolute Gasteiger partial charge is 0.115 e. The summed E-state index contributed by atoms with van der Waals surface area (Å²) >= 11 is 0. The van der Waals surface area contributed by atoms with Crippen molar-refractivity contribution in [1.29, 1.82) is 0 Å². The Morgan fingerprint density at radius 2 is 1.95 bits per heavy atom. The van der Waals surface area contributed by atoms with Crippen LogP contribution in [0.1, 0.15) is 31.2 Å². The van der Waals surface area contributed by atoms with Crippen molar-refractivity contribution in [3.8, 4) is 5.75 Å². The maximum atomic E-state index is 9.49. The molecule has 1 saturated heterocycles. The molecule has 1 heterocycles. The topological polar surface area (TPSA) is 35.5 Å². The van der Waals surface area contributed by atoms with E-state index in [1.54, 1.807) is 6.07 Å². The fourth-order valence-corrected chi connectivity index (χ4v) is 2.88. The third kappa shape index (κ3) is 3.95. The third-order valence-corrected chi connectivity index (χ3v) is 4.30. The first-order valence-electron chi connectivity index (χ1n) is 7.53. The Morgan fingerprint density at radius 1 is 1.16 bits per heavy atom. The van der Waals surface area contributed by atoms with Crippen LogP contribution in [0.15, 0.2) is 24.3 Å². The number of rotatable bonds is 5. The maximum Gasteiger partial charge on any atom is 0.115 e. The molecule has 0 amide bonds. The molecule has 0 spiro atoms. The molecule has 3 heteroatoms. The summed E-state index contributed by atoms with van der Waals surface area (Å²) in [6.45, 7) is 4.56. The molecule has 3 nitrogen and oxygen atoms in total. The van der Waals surface area contributed by atoms with Crippen LogP contribution in [-0.4, -0.2) is 35.7 Å². The zero-order valence-corrected chi connectivity index (χ0v) is 11.5. The van der Waals surface area contributed by atoms with E-state index in [0.717, 1.165) is 18.5 Å². The summed E-state index contributed by atoms with van der Waals surface area (Å²) < 4.78 is 0. The van der Waals surface area contributed by atoms with Gasteiger partial charge in [-0.15, -0.1) is 0 Å². The Kier molecular flexibility index (Phi) is 4.04. The second kappa shape index (κ2) is 5.93. The molecule has 1 aliphatic heterocycles. The molecular formula is C16H24N2O. The Balaban J connectivity index is 1.42. The quantitative estimate of drug-likeness (QED) is 0.853. The minimum absolute atomic E-state index is 0.376. The van der Waals surface area contributed by atoms with Crippen LogP contribution in [0.2, 0.25) is 0 Å². The molecule has 1 aromatic carbocycles. The zero-order valence-electron chi connectivity index (χ0n) is 11.5. The van der Waals surface area contributed by atoms with Crippen molar-refractivity contribution in [1.82, 2.24) is 10.2 Å². The zero-order chi connectivity index (χ0) is 13.1. The van der Waals surface area contributed by atoms with Gasteiger partial charge in [0.1, 0.15) is 5.75 Å². The van der Waals surface area contributed by atoms with Crippen LogP contribution >= 0.6 is 0 Å². The van der Waals surface area contributed by atoms with Crippen molar-refractivity contribution in [2.45, 2.75) is 38.3 Å². The number of nitrogens with one attached hydrogen (secondary N) is 1. The molecule has 0 radical (unpaired) electrons. The number of phenolic OH excluding ortho intramolecular Hbond substituents is 1. The highest BCUT2D eigenvalue weighted by Gasteiger charge is 2.24. The van der Waals surface area contributed by atoms with Crippen molar-refractivity contribution in [3.63, 3.8) is 0 Å². The molecular weight excluding hydrogens is 236 g/mol. The standard InChI is InChI=1S/C16H24N2O/c19-16-3-1-2-14(10-16)12-18-8-6-13(7-9-18)11-17-15-4-5-15/h1-3,10,13,15,17,19H,4-9,11-12H2. The van der Waals surface area contributed by atoms with Crippen LogP contribution in [0, 0.1) is 5.92 Å². The fourth-order valence-electron chi connectivity index (χ4n) is 2.88. The van der Waals surface area contributed by atoms with Gasteiger partial charge < -0.3 is 10.4 Å². The number of hydrogen-bond acceptors (Lipinski definition) is 3. The van der Waals surface area contributed by atoms with Crippen LogP contribution in [0.3, 0.4) is 0 Å². The summed E-state index contributed by atoms with van der Waals surface area (Å²) in [6, 6.07) is 8.47. The predicted octanol–water partition coefficient (Wildman–Crippen LogP) is 2.36. The summed E-state index contributed by atoms with van der Waals surface area (Å²) in [7, 11) is 0. The van der Waals surface area contributed by atoms with E-state index >= 15 is 0 Å². The SMILES string of the molecule is Oc1cccc(CN2CCC(CNC3CC3)CC2)c1. The van der Waals surface area contributed by atoms with Gasteiger partial charge in [-0.3, -0.25) is 4.90 Å². The molecule has 0 aromatic heterocycles. The number of hydrogen-bond donors (Lipinski definition) is 2. The summed E-state index contributed by atoms with van der Waals surface area (Å²) in [4.78, 5) is 2.50. The van der Waals surface area contributed by atoms with Crippen LogP contribution in [0.25, 0.3) is 0 Å². The van der Waals surface area contributed by atoms with Crippen LogP contribution in [-0.2, 0) is 6.54 Å². The lowest BCUT2D eigenvalue weighted by Crippen LogP contribution is -2.37. The molecule has 2 aliphatic rings. The van der Waals surface area contributed by atoms with Gasteiger partial charge in [-0.2, -0.15) is 0 Å². The largest absolute Gasteiger partial charge is 0.508 e. The van der Waals surface area contributed by atoms with E-state index in [4.69, 9.17) is 0 Å². The van der Waals surface area contributed by atoms with Gasteiger partial charge in [0.2, 0.25) is 0 Å². The Bertz CT molecular complexity index is 409.